The summed E-state index contributed by atoms with van der Waals surface area (Å²) in [6.07, 6.45) is 6.24. The van der Waals surface area contributed by atoms with Gasteiger partial charge in [-0.25, -0.2) is 4.79 Å². The lowest BCUT2D eigenvalue weighted by Gasteiger charge is -2.43. The summed E-state index contributed by atoms with van der Waals surface area (Å²) >= 11 is 0. The summed E-state index contributed by atoms with van der Waals surface area (Å²) in [6, 6.07) is 6.56. The maximum Gasteiger partial charge on any atom is 0.319 e. The van der Waals surface area contributed by atoms with Crippen LogP contribution in [0.25, 0.3) is 0 Å². The average molecular weight is 457 g/mol. The van der Waals surface area contributed by atoms with Crippen LogP contribution in [-0.2, 0) is 9.59 Å². The zero-order valence-corrected chi connectivity index (χ0v) is 20.6. The number of nitrogens with zero attached hydrogens (tertiary/aromatic N) is 2. The molecule has 1 saturated heterocycles. The Labute approximate surface area is 198 Å². The first-order chi connectivity index (χ1) is 15.8. The number of hydrogen-bond donors (Lipinski definition) is 2. The highest BCUT2D eigenvalue weighted by molar-refractivity contribution is 5.94. The van der Waals surface area contributed by atoms with Crippen LogP contribution < -0.4 is 10.6 Å². The van der Waals surface area contributed by atoms with E-state index >= 15 is 0 Å². The van der Waals surface area contributed by atoms with Crippen molar-refractivity contribution >= 4 is 23.5 Å². The Kier molecular flexibility index (Phi) is 8.75. The maximum absolute atomic E-state index is 13.4. The molecule has 3 rings (SSSR count). The van der Waals surface area contributed by atoms with Gasteiger partial charge in [-0.3, -0.25) is 9.59 Å². The van der Waals surface area contributed by atoms with Gasteiger partial charge in [-0.2, -0.15) is 0 Å². The Morgan fingerprint density at radius 1 is 1.06 bits per heavy atom. The van der Waals surface area contributed by atoms with Gasteiger partial charge >= 0.3 is 6.03 Å². The van der Waals surface area contributed by atoms with Gasteiger partial charge < -0.3 is 20.4 Å². The van der Waals surface area contributed by atoms with Crippen molar-refractivity contribution in [1.29, 1.82) is 0 Å². The van der Waals surface area contributed by atoms with Crippen LogP contribution in [0.2, 0.25) is 0 Å². The van der Waals surface area contributed by atoms with E-state index in [4.69, 9.17) is 0 Å². The first-order valence-electron chi connectivity index (χ1n) is 12.5. The van der Waals surface area contributed by atoms with E-state index in [1.54, 1.807) is 0 Å². The Balaban J connectivity index is 1.60. The largest absolute Gasteiger partial charge is 0.337 e. The number of benzene rings is 1. The number of aryl methyl sites for hydroxylation is 1. The van der Waals surface area contributed by atoms with Crippen molar-refractivity contribution in [3.63, 3.8) is 0 Å². The third-order valence-corrected chi connectivity index (χ3v) is 7.25. The second kappa shape index (κ2) is 11.5. The van der Waals surface area contributed by atoms with Gasteiger partial charge in [-0.1, -0.05) is 57.2 Å². The molecular weight excluding hydrogens is 416 g/mol. The SMILES string of the molecule is CCC(C)C(NC(=O)Nc1ccc(C)cc1)C(=O)N1CCN(C(=O)C2CCCCC2)C(C)C1. The lowest BCUT2D eigenvalue weighted by atomic mass is 9.87. The molecule has 4 amide bonds. The normalized spacial score (nSPS) is 21.3. The highest BCUT2D eigenvalue weighted by atomic mass is 16.2. The van der Waals surface area contributed by atoms with E-state index in [0.717, 1.165) is 37.7 Å². The number of rotatable bonds is 6. The minimum Gasteiger partial charge on any atom is -0.337 e. The molecule has 0 aromatic heterocycles. The second-order valence-corrected chi connectivity index (χ2v) is 9.83. The molecule has 1 heterocycles. The zero-order chi connectivity index (χ0) is 24.0. The molecule has 7 heteroatoms. The molecule has 33 heavy (non-hydrogen) atoms. The van der Waals surface area contributed by atoms with Gasteiger partial charge in [0, 0.05) is 37.3 Å². The molecule has 1 aromatic rings. The molecule has 1 aliphatic heterocycles. The number of carbonyl (C=O) groups is 3. The van der Waals surface area contributed by atoms with E-state index in [1.165, 1.54) is 6.42 Å². The molecule has 1 saturated carbocycles. The fraction of sp³-hybridized carbons (Fsp3) is 0.654. The number of piperazine rings is 1. The molecule has 1 aliphatic carbocycles. The number of amides is 4. The molecular formula is C26H40N4O3. The van der Waals surface area contributed by atoms with Crippen molar-refractivity contribution < 1.29 is 14.4 Å². The van der Waals surface area contributed by atoms with Crippen molar-refractivity contribution in [2.75, 3.05) is 25.0 Å². The summed E-state index contributed by atoms with van der Waals surface area (Å²) in [5.41, 5.74) is 1.81. The van der Waals surface area contributed by atoms with Gasteiger partial charge in [0.15, 0.2) is 0 Å². The van der Waals surface area contributed by atoms with Crippen LogP contribution in [0, 0.1) is 18.8 Å². The molecule has 2 aliphatic rings. The number of hydrogen-bond acceptors (Lipinski definition) is 3. The Bertz CT molecular complexity index is 819. The predicted octanol–water partition coefficient (Wildman–Crippen LogP) is 4.17. The molecule has 0 bridgehead atoms. The Morgan fingerprint density at radius 3 is 2.33 bits per heavy atom. The molecule has 3 unspecified atom stereocenters. The van der Waals surface area contributed by atoms with Gasteiger partial charge in [0.2, 0.25) is 11.8 Å². The third-order valence-electron chi connectivity index (χ3n) is 7.25. The van der Waals surface area contributed by atoms with Gasteiger partial charge in [-0.15, -0.1) is 0 Å². The number of carbonyl (C=O) groups excluding carboxylic acids is 3. The lowest BCUT2D eigenvalue weighted by molar-refractivity contribution is -0.147. The van der Waals surface area contributed by atoms with Crippen LogP contribution in [0.3, 0.4) is 0 Å². The minimum absolute atomic E-state index is 0.00141. The van der Waals surface area contributed by atoms with Gasteiger partial charge in [-0.05, 0) is 44.7 Å². The molecule has 0 spiro atoms. The molecule has 182 valence electrons. The van der Waals surface area contributed by atoms with Crippen molar-refractivity contribution in [1.82, 2.24) is 15.1 Å². The van der Waals surface area contributed by atoms with E-state index in [0.29, 0.717) is 25.3 Å². The number of urea groups is 1. The van der Waals surface area contributed by atoms with Crippen LogP contribution in [0.4, 0.5) is 10.5 Å². The molecule has 3 atom stereocenters. The van der Waals surface area contributed by atoms with Gasteiger partial charge in [0.25, 0.3) is 0 Å². The fourth-order valence-electron chi connectivity index (χ4n) is 4.89. The zero-order valence-electron chi connectivity index (χ0n) is 20.6. The first kappa shape index (κ1) is 25.1. The molecule has 0 radical (unpaired) electrons. The second-order valence-electron chi connectivity index (χ2n) is 9.83. The Morgan fingerprint density at radius 2 is 1.73 bits per heavy atom. The lowest BCUT2D eigenvalue weighted by Crippen LogP contribution is -2.61. The summed E-state index contributed by atoms with van der Waals surface area (Å²) in [4.78, 5) is 42.9. The van der Waals surface area contributed by atoms with Crippen molar-refractivity contribution in [2.45, 2.75) is 78.3 Å². The first-order valence-corrected chi connectivity index (χ1v) is 12.5. The van der Waals surface area contributed by atoms with Crippen LogP contribution in [-0.4, -0.2) is 59.4 Å². The van der Waals surface area contributed by atoms with Gasteiger partial charge in [0.05, 0.1) is 0 Å². The summed E-state index contributed by atoms with van der Waals surface area (Å²) < 4.78 is 0. The van der Waals surface area contributed by atoms with Crippen molar-refractivity contribution in [3.8, 4) is 0 Å². The van der Waals surface area contributed by atoms with E-state index in [1.807, 2.05) is 61.8 Å². The maximum atomic E-state index is 13.4. The van der Waals surface area contributed by atoms with E-state index in [9.17, 15) is 14.4 Å². The molecule has 2 N–H and O–H groups in total. The summed E-state index contributed by atoms with van der Waals surface area (Å²) in [7, 11) is 0. The van der Waals surface area contributed by atoms with Gasteiger partial charge in [0.1, 0.15) is 6.04 Å². The number of nitrogens with one attached hydrogen (secondary N) is 2. The topological polar surface area (TPSA) is 81.8 Å². The smallest absolute Gasteiger partial charge is 0.319 e. The quantitative estimate of drug-likeness (QED) is 0.674. The molecule has 7 nitrogen and oxygen atoms in total. The van der Waals surface area contributed by atoms with Crippen LogP contribution in [0.1, 0.15) is 64.9 Å². The minimum atomic E-state index is -0.603. The summed E-state index contributed by atoms with van der Waals surface area (Å²) in [6.45, 7) is 9.60. The van der Waals surface area contributed by atoms with E-state index in [2.05, 4.69) is 10.6 Å². The average Bonchev–Trinajstić information content (AvgIpc) is 2.83. The molecule has 2 fully saturated rings. The van der Waals surface area contributed by atoms with E-state index in [-0.39, 0.29) is 35.7 Å². The van der Waals surface area contributed by atoms with Crippen molar-refractivity contribution in [3.05, 3.63) is 29.8 Å². The highest BCUT2D eigenvalue weighted by Crippen LogP contribution is 2.27. The standard InChI is InChI=1S/C26H40N4O3/c1-5-19(3)23(28-26(33)27-22-13-11-18(2)12-14-22)25(32)29-15-16-30(20(4)17-29)24(31)21-9-7-6-8-10-21/h11-14,19-21,23H,5-10,15-17H2,1-4H3,(H2,27,28,33). The highest BCUT2D eigenvalue weighted by Gasteiger charge is 2.37. The van der Waals surface area contributed by atoms with Crippen molar-refractivity contribution in [2.24, 2.45) is 11.8 Å². The van der Waals surface area contributed by atoms with E-state index < -0.39 is 6.04 Å². The predicted molar refractivity (Wildman–Crippen MR) is 131 cm³/mol. The van der Waals surface area contributed by atoms with Crippen LogP contribution >= 0.6 is 0 Å². The monoisotopic (exact) mass is 456 g/mol. The summed E-state index contributed by atoms with van der Waals surface area (Å²) in [5.74, 6) is 0.324. The van der Waals surface area contributed by atoms with Crippen LogP contribution in [0.5, 0.6) is 0 Å². The van der Waals surface area contributed by atoms with Crippen LogP contribution in [0.15, 0.2) is 24.3 Å². The summed E-state index contributed by atoms with van der Waals surface area (Å²) in [5, 5.41) is 5.74. The fourth-order valence-corrected chi connectivity index (χ4v) is 4.89. The Hall–Kier alpha value is -2.57. The third kappa shape index (κ3) is 6.49. The number of anilines is 1. The molecule has 1 aromatic carbocycles.